The Bertz CT molecular complexity index is 364. The van der Waals surface area contributed by atoms with E-state index in [0.29, 0.717) is 18.6 Å². The second-order valence-corrected chi connectivity index (χ2v) is 6.89. The lowest BCUT2D eigenvalue weighted by molar-refractivity contribution is -0.116. The molecular formula is C19H31NO2. The topological polar surface area (TPSA) is 38.3 Å². The molecule has 0 unspecified atom stereocenters. The van der Waals surface area contributed by atoms with Crippen molar-refractivity contribution in [1.29, 1.82) is 0 Å². The van der Waals surface area contributed by atoms with Gasteiger partial charge in [0.15, 0.2) is 0 Å². The first-order valence-electron chi connectivity index (χ1n) is 8.85. The van der Waals surface area contributed by atoms with Crippen LogP contribution in [0.1, 0.15) is 51.4 Å². The van der Waals surface area contributed by atoms with Gasteiger partial charge in [0.2, 0.25) is 5.91 Å². The first kappa shape index (κ1) is 17.3. The van der Waals surface area contributed by atoms with Crippen molar-refractivity contribution in [1.82, 2.24) is 5.32 Å². The van der Waals surface area contributed by atoms with Crippen LogP contribution in [0.4, 0.5) is 0 Å². The zero-order valence-corrected chi connectivity index (χ0v) is 13.8. The fourth-order valence-corrected chi connectivity index (χ4v) is 4.11. The van der Waals surface area contributed by atoms with Crippen molar-refractivity contribution in [2.45, 2.75) is 57.5 Å². The molecule has 2 fully saturated rings. The molecule has 1 amide bonds. The minimum absolute atomic E-state index is 0.0417. The van der Waals surface area contributed by atoms with Crippen molar-refractivity contribution in [3.63, 3.8) is 0 Å². The Morgan fingerprint density at radius 1 is 1.00 bits per heavy atom. The van der Waals surface area contributed by atoms with E-state index in [2.05, 4.69) is 18.5 Å². The molecule has 0 atom stereocenters. The number of nitrogens with one attached hydrogen (secondary N) is 1. The van der Waals surface area contributed by atoms with E-state index < -0.39 is 0 Å². The van der Waals surface area contributed by atoms with Crippen LogP contribution in [0.25, 0.3) is 0 Å². The van der Waals surface area contributed by atoms with Crippen molar-refractivity contribution in [2.24, 2.45) is 17.8 Å². The van der Waals surface area contributed by atoms with Gasteiger partial charge in [-0.3, -0.25) is 4.79 Å². The molecule has 3 nitrogen and oxygen atoms in total. The second-order valence-electron chi connectivity index (χ2n) is 6.89. The zero-order valence-electron chi connectivity index (χ0n) is 13.8. The Labute approximate surface area is 135 Å². The van der Waals surface area contributed by atoms with Crippen LogP contribution in [0.3, 0.4) is 0 Å². The molecule has 2 aliphatic carbocycles. The van der Waals surface area contributed by atoms with Crippen LogP contribution in [0, 0.1) is 17.8 Å². The van der Waals surface area contributed by atoms with Crippen LogP contribution in [-0.2, 0) is 9.53 Å². The zero-order chi connectivity index (χ0) is 15.8. The van der Waals surface area contributed by atoms with Crippen molar-refractivity contribution in [3.05, 3.63) is 25.3 Å². The van der Waals surface area contributed by atoms with Gasteiger partial charge in [-0.2, -0.15) is 0 Å². The molecule has 3 heteroatoms. The van der Waals surface area contributed by atoms with E-state index in [1.165, 1.54) is 57.4 Å². The van der Waals surface area contributed by atoms with Crippen LogP contribution >= 0.6 is 0 Å². The van der Waals surface area contributed by atoms with E-state index in [9.17, 15) is 4.79 Å². The molecule has 0 saturated heterocycles. The number of rotatable bonds is 7. The quantitative estimate of drug-likeness (QED) is 0.573. The monoisotopic (exact) mass is 305 g/mol. The molecule has 124 valence electrons. The predicted molar refractivity (Wildman–Crippen MR) is 90.5 cm³/mol. The Kier molecular flexibility index (Phi) is 7.17. The summed E-state index contributed by atoms with van der Waals surface area (Å²) in [5.74, 6) is 2.41. The fourth-order valence-electron chi connectivity index (χ4n) is 4.11. The Balaban J connectivity index is 1.64. The van der Waals surface area contributed by atoms with E-state index in [1.807, 2.05) is 6.08 Å². The summed E-state index contributed by atoms with van der Waals surface area (Å²) >= 11 is 0. The van der Waals surface area contributed by atoms with Gasteiger partial charge in [0.25, 0.3) is 0 Å². The van der Waals surface area contributed by atoms with Crippen molar-refractivity contribution >= 4 is 5.91 Å². The predicted octanol–water partition coefficient (Wildman–Crippen LogP) is 3.86. The number of amides is 1. The van der Waals surface area contributed by atoms with Crippen molar-refractivity contribution in [3.8, 4) is 0 Å². The molecule has 0 radical (unpaired) electrons. The van der Waals surface area contributed by atoms with Crippen molar-refractivity contribution < 1.29 is 9.53 Å². The van der Waals surface area contributed by atoms with Gasteiger partial charge in [0.05, 0.1) is 12.7 Å². The van der Waals surface area contributed by atoms with E-state index in [-0.39, 0.29) is 5.91 Å². The summed E-state index contributed by atoms with van der Waals surface area (Å²) in [6, 6.07) is 0. The molecule has 0 aromatic rings. The molecule has 0 heterocycles. The van der Waals surface area contributed by atoms with Gasteiger partial charge < -0.3 is 10.1 Å². The molecular weight excluding hydrogens is 274 g/mol. The first-order valence-corrected chi connectivity index (χ1v) is 8.85. The number of hydrogen-bond acceptors (Lipinski definition) is 2. The summed E-state index contributed by atoms with van der Waals surface area (Å²) in [5, 5.41) is 2.94. The fraction of sp³-hybridized carbons (Fsp3) is 0.737. The average Bonchev–Trinajstić information content (AvgIpc) is 2.58. The molecule has 0 bridgehead atoms. The summed E-state index contributed by atoms with van der Waals surface area (Å²) in [5.41, 5.74) is 0. The van der Waals surface area contributed by atoms with Gasteiger partial charge in [0.1, 0.15) is 0 Å². The summed E-state index contributed by atoms with van der Waals surface area (Å²) < 4.78 is 5.78. The van der Waals surface area contributed by atoms with E-state index in [0.717, 1.165) is 18.4 Å². The van der Waals surface area contributed by atoms with Crippen LogP contribution in [0.15, 0.2) is 25.3 Å². The molecule has 1 N–H and O–H groups in total. The molecule has 2 saturated carbocycles. The van der Waals surface area contributed by atoms with E-state index >= 15 is 0 Å². The van der Waals surface area contributed by atoms with Gasteiger partial charge in [0, 0.05) is 6.54 Å². The van der Waals surface area contributed by atoms with Gasteiger partial charge >= 0.3 is 0 Å². The maximum absolute atomic E-state index is 11.2. The third-order valence-electron chi connectivity index (χ3n) is 5.48. The molecule has 0 spiro atoms. The Morgan fingerprint density at radius 3 is 2.14 bits per heavy atom. The van der Waals surface area contributed by atoms with Crippen LogP contribution in [-0.4, -0.2) is 25.2 Å². The highest BCUT2D eigenvalue weighted by atomic mass is 16.5. The molecule has 0 aromatic carbocycles. The minimum atomic E-state index is -0.0417. The SMILES string of the molecule is C=CCOC1CCC(C2CCC(CNC(=O)C=C)CC2)CC1. The lowest BCUT2D eigenvalue weighted by atomic mass is 9.70. The summed E-state index contributed by atoms with van der Waals surface area (Å²) in [6.45, 7) is 8.72. The minimum Gasteiger partial charge on any atom is -0.374 e. The lowest BCUT2D eigenvalue weighted by Gasteiger charge is -2.37. The van der Waals surface area contributed by atoms with E-state index in [1.54, 1.807) is 0 Å². The molecule has 0 aromatic heterocycles. The molecule has 22 heavy (non-hydrogen) atoms. The highest BCUT2D eigenvalue weighted by molar-refractivity contribution is 5.86. The summed E-state index contributed by atoms with van der Waals surface area (Å²) in [6.07, 6.45) is 13.9. The number of carbonyl (C=O) groups excluding carboxylic acids is 1. The van der Waals surface area contributed by atoms with Crippen LogP contribution in [0.2, 0.25) is 0 Å². The highest BCUT2D eigenvalue weighted by Gasteiger charge is 2.31. The first-order chi connectivity index (χ1) is 10.7. The Hall–Kier alpha value is -1.09. The second kappa shape index (κ2) is 9.14. The van der Waals surface area contributed by atoms with Crippen molar-refractivity contribution in [2.75, 3.05) is 13.2 Å². The van der Waals surface area contributed by atoms with Crippen LogP contribution < -0.4 is 5.32 Å². The number of carbonyl (C=O) groups is 1. The smallest absolute Gasteiger partial charge is 0.243 e. The van der Waals surface area contributed by atoms with Crippen LogP contribution in [0.5, 0.6) is 0 Å². The van der Waals surface area contributed by atoms with Gasteiger partial charge in [-0.25, -0.2) is 0 Å². The maximum Gasteiger partial charge on any atom is 0.243 e. The largest absolute Gasteiger partial charge is 0.374 e. The third-order valence-corrected chi connectivity index (χ3v) is 5.48. The standard InChI is InChI=1S/C19H31NO2/c1-3-13-22-18-11-9-17(10-12-18)16-7-5-15(6-8-16)14-20-19(21)4-2/h3-4,15-18H,1-2,5-14H2,(H,20,21). The average molecular weight is 305 g/mol. The van der Waals surface area contributed by atoms with Gasteiger partial charge in [-0.15, -0.1) is 6.58 Å². The summed E-state index contributed by atoms with van der Waals surface area (Å²) in [7, 11) is 0. The maximum atomic E-state index is 11.2. The Morgan fingerprint density at radius 2 is 1.59 bits per heavy atom. The van der Waals surface area contributed by atoms with Gasteiger partial charge in [-0.05, 0) is 75.2 Å². The normalized spacial score (nSPS) is 32.2. The molecule has 0 aliphatic heterocycles. The lowest BCUT2D eigenvalue weighted by Crippen LogP contribution is -2.32. The highest BCUT2D eigenvalue weighted by Crippen LogP contribution is 2.40. The molecule has 2 aliphatic rings. The molecule has 2 rings (SSSR count). The van der Waals surface area contributed by atoms with Gasteiger partial charge in [-0.1, -0.05) is 12.7 Å². The number of hydrogen-bond donors (Lipinski definition) is 1. The van der Waals surface area contributed by atoms with E-state index in [4.69, 9.17) is 4.74 Å². The third kappa shape index (κ3) is 5.28. The summed E-state index contributed by atoms with van der Waals surface area (Å²) in [4.78, 5) is 11.2. The number of ether oxygens (including phenoxy) is 1.